The number of aromatic nitrogens is 4. The third-order valence-corrected chi connectivity index (χ3v) is 4.31. The molecule has 0 spiro atoms. The number of hydrogen-bond acceptors (Lipinski definition) is 5. The predicted octanol–water partition coefficient (Wildman–Crippen LogP) is 2.20. The third kappa shape index (κ3) is 3.74. The first-order chi connectivity index (χ1) is 11.5. The molecule has 3 rings (SSSR count). The fourth-order valence-corrected chi connectivity index (χ4v) is 2.93. The minimum absolute atomic E-state index is 0.320. The Balaban J connectivity index is 1.60. The highest BCUT2D eigenvalue weighted by molar-refractivity contribution is 5.38. The molecule has 2 aromatic rings. The van der Waals surface area contributed by atoms with Gasteiger partial charge in [-0.1, -0.05) is 0 Å². The van der Waals surface area contributed by atoms with Gasteiger partial charge in [-0.15, -0.1) is 0 Å². The number of halogens is 2. The summed E-state index contributed by atoms with van der Waals surface area (Å²) in [5.41, 5.74) is 0.0400. The van der Waals surface area contributed by atoms with Gasteiger partial charge in [-0.2, -0.15) is 0 Å². The average molecular weight is 335 g/mol. The maximum atomic E-state index is 12.5. The number of rotatable bonds is 4. The van der Waals surface area contributed by atoms with Gasteiger partial charge in [0, 0.05) is 37.5 Å². The van der Waals surface area contributed by atoms with Gasteiger partial charge in [0.15, 0.2) is 0 Å². The van der Waals surface area contributed by atoms with E-state index in [1.807, 2.05) is 13.0 Å². The smallest absolute Gasteiger partial charge is 0.280 e. The lowest BCUT2D eigenvalue weighted by molar-refractivity contribution is 0.145. The largest absolute Gasteiger partial charge is 0.356 e. The van der Waals surface area contributed by atoms with Crippen molar-refractivity contribution >= 4 is 5.82 Å². The zero-order chi connectivity index (χ0) is 17.1. The molecular formula is C16H19F2N5O. The van der Waals surface area contributed by atoms with Crippen LogP contribution < -0.4 is 10.5 Å². The van der Waals surface area contributed by atoms with E-state index in [0.29, 0.717) is 12.5 Å². The number of hydrogen-bond donors (Lipinski definition) is 0. The molecule has 128 valence electrons. The van der Waals surface area contributed by atoms with Crippen molar-refractivity contribution in [3.8, 4) is 0 Å². The number of alkyl halides is 2. The Morgan fingerprint density at radius 1 is 1.21 bits per heavy atom. The van der Waals surface area contributed by atoms with Crippen molar-refractivity contribution in [1.29, 1.82) is 0 Å². The number of anilines is 1. The molecule has 1 saturated heterocycles. The van der Waals surface area contributed by atoms with Gasteiger partial charge in [0.1, 0.15) is 17.8 Å². The molecule has 1 fully saturated rings. The Bertz CT molecular complexity index is 756. The van der Waals surface area contributed by atoms with Gasteiger partial charge in [-0.05, 0) is 25.7 Å². The highest BCUT2D eigenvalue weighted by Crippen LogP contribution is 2.23. The van der Waals surface area contributed by atoms with Crippen LogP contribution in [0.3, 0.4) is 0 Å². The molecule has 0 unspecified atom stereocenters. The Morgan fingerprint density at radius 3 is 2.58 bits per heavy atom. The molecule has 0 N–H and O–H groups in total. The number of nitrogens with zero attached hydrogens (tertiary/aromatic N) is 5. The van der Waals surface area contributed by atoms with E-state index in [9.17, 15) is 13.6 Å². The normalized spacial score (nSPS) is 15.9. The van der Waals surface area contributed by atoms with Crippen LogP contribution in [-0.2, 0) is 6.54 Å². The Labute approximate surface area is 138 Å². The molecule has 3 heterocycles. The lowest BCUT2D eigenvalue weighted by Crippen LogP contribution is -2.36. The second kappa shape index (κ2) is 7.02. The van der Waals surface area contributed by atoms with E-state index >= 15 is 0 Å². The summed E-state index contributed by atoms with van der Waals surface area (Å²) in [6, 6.07) is 2.88. The van der Waals surface area contributed by atoms with Crippen molar-refractivity contribution in [3.63, 3.8) is 0 Å². The quantitative estimate of drug-likeness (QED) is 0.857. The molecule has 6 nitrogen and oxygen atoms in total. The van der Waals surface area contributed by atoms with E-state index in [4.69, 9.17) is 0 Å². The Kier molecular flexibility index (Phi) is 4.82. The summed E-state index contributed by atoms with van der Waals surface area (Å²) in [6.45, 7) is 4.13. The second-order valence-corrected chi connectivity index (χ2v) is 6.05. The van der Waals surface area contributed by atoms with E-state index in [1.165, 1.54) is 10.9 Å². The van der Waals surface area contributed by atoms with Gasteiger partial charge in [0.05, 0.1) is 6.33 Å². The zero-order valence-electron chi connectivity index (χ0n) is 13.4. The number of aryl methyl sites for hydroxylation is 1. The molecule has 1 aliphatic rings. The first-order valence-electron chi connectivity index (χ1n) is 7.91. The van der Waals surface area contributed by atoms with Crippen LogP contribution in [-0.4, -0.2) is 32.6 Å². The fourth-order valence-electron chi connectivity index (χ4n) is 2.93. The number of piperidine rings is 1. The summed E-state index contributed by atoms with van der Waals surface area (Å²) >= 11 is 0. The van der Waals surface area contributed by atoms with Gasteiger partial charge >= 0.3 is 0 Å². The first-order valence-corrected chi connectivity index (χ1v) is 7.91. The van der Waals surface area contributed by atoms with Gasteiger partial charge in [0.25, 0.3) is 12.0 Å². The monoisotopic (exact) mass is 335 g/mol. The van der Waals surface area contributed by atoms with Gasteiger partial charge in [-0.3, -0.25) is 9.36 Å². The Hall–Kier alpha value is -2.38. The SMILES string of the molecule is Cc1cc(N2CCC(Cn3cnc(C(F)F)cc3=O)CC2)ncn1. The average Bonchev–Trinajstić information content (AvgIpc) is 2.57. The van der Waals surface area contributed by atoms with Crippen molar-refractivity contribution in [1.82, 2.24) is 19.5 Å². The molecule has 8 heteroatoms. The lowest BCUT2D eigenvalue weighted by Gasteiger charge is -2.33. The minimum atomic E-state index is -2.72. The minimum Gasteiger partial charge on any atom is -0.356 e. The van der Waals surface area contributed by atoms with Crippen LogP contribution in [0.25, 0.3) is 0 Å². The van der Waals surface area contributed by atoms with Gasteiger partial charge in [-0.25, -0.2) is 23.7 Å². The summed E-state index contributed by atoms with van der Waals surface area (Å²) in [5, 5.41) is 0. The van der Waals surface area contributed by atoms with Crippen LogP contribution in [0, 0.1) is 12.8 Å². The van der Waals surface area contributed by atoms with Gasteiger partial charge in [0.2, 0.25) is 0 Å². The summed E-state index contributed by atoms with van der Waals surface area (Å²) in [7, 11) is 0. The predicted molar refractivity (Wildman–Crippen MR) is 85.2 cm³/mol. The molecule has 0 amide bonds. The molecule has 0 bridgehead atoms. The molecule has 2 aromatic heterocycles. The van der Waals surface area contributed by atoms with E-state index in [0.717, 1.165) is 43.5 Å². The summed E-state index contributed by atoms with van der Waals surface area (Å²) in [6.07, 6.45) is 1.89. The van der Waals surface area contributed by atoms with Crippen LogP contribution >= 0.6 is 0 Å². The van der Waals surface area contributed by atoms with Crippen molar-refractivity contribution in [3.05, 3.63) is 46.5 Å². The topological polar surface area (TPSA) is 63.9 Å². The van der Waals surface area contributed by atoms with E-state index in [-0.39, 0.29) is 0 Å². The molecule has 0 saturated carbocycles. The fraction of sp³-hybridized carbons (Fsp3) is 0.500. The van der Waals surface area contributed by atoms with E-state index in [2.05, 4.69) is 19.9 Å². The third-order valence-electron chi connectivity index (χ3n) is 4.31. The Morgan fingerprint density at radius 2 is 1.96 bits per heavy atom. The van der Waals surface area contributed by atoms with Crippen LogP contribution in [0.4, 0.5) is 14.6 Å². The van der Waals surface area contributed by atoms with E-state index in [1.54, 1.807) is 6.33 Å². The van der Waals surface area contributed by atoms with Crippen LogP contribution in [0.5, 0.6) is 0 Å². The lowest BCUT2D eigenvalue weighted by atomic mass is 9.96. The highest BCUT2D eigenvalue weighted by Gasteiger charge is 2.21. The zero-order valence-corrected chi connectivity index (χ0v) is 13.4. The molecule has 0 atom stereocenters. The summed E-state index contributed by atoms with van der Waals surface area (Å²) in [4.78, 5) is 26.2. The molecule has 1 aliphatic heterocycles. The molecule has 24 heavy (non-hydrogen) atoms. The van der Waals surface area contributed by atoms with Gasteiger partial charge < -0.3 is 4.90 Å². The van der Waals surface area contributed by atoms with Crippen LogP contribution in [0.2, 0.25) is 0 Å². The second-order valence-electron chi connectivity index (χ2n) is 6.05. The standard InChI is InChI=1S/C16H19F2N5O/c1-11-6-14(20-9-19-11)22-4-2-12(3-5-22)8-23-10-21-13(16(17)18)7-15(23)24/h6-7,9-10,12,16H,2-5,8H2,1H3. The van der Waals surface area contributed by atoms with Crippen molar-refractivity contribution in [2.45, 2.75) is 32.7 Å². The van der Waals surface area contributed by atoms with Crippen molar-refractivity contribution in [2.75, 3.05) is 18.0 Å². The van der Waals surface area contributed by atoms with Crippen LogP contribution in [0.1, 0.15) is 30.7 Å². The van der Waals surface area contributed by atoms with Crippen molar-refractivity contribution in [2.24, 2.45) is 5.92 Å². The molecular weight excluding hydrogens is 316 g/mol. The summed E-state index contributed by atoms with van der Waals surface area (Å²) < 4.78 is 26.5. The maximum absolute atomic E-state index is 12.5. The molecule has 0 aliphatic carbocycles. The first kappa shape index (κ1) is 16.5. The summed E-state index contributed by atoms with van der Waals surface area (Å²) in [5.74, 6) is 1.24. The van der Waals surface area contributed by atoms with Crippen LogP contribution in [0.15, 0.2) is 29.6 Å². The highest BCUT2D eigenvalue weighted by atomic mass is 19.3. The van der Waals surface area contributed by atoms with E-state index < -0.39 is 17.7 Å². The molecule has 0 radical (unpaired) electrons. The molecule has 0 aromatic carbocycles. The van der Waals surface area contributed by atoms with Crippen molar-refractivity contribution < 1.29 is 8.78 Å². The maximum Gasteiger partial charge on any atom is 0.280 e.